The summed E-state index contributed by atoms with van der Waals surface area (Å²) in [7, 11) is 0. The molecular formula is C6H11NO2. The van der Waals surface area contributed by atoms with Crippen molar-refractivity contribution in [3.05, 3.63) is 0 Å². The number of hydrogen-bond donors (Lipinski definition) is 1. The summed E-state index contributed by atoms with van der Waals surface area (Å²) in [6.45, 7) is 3.71. The van der Waals surface area contributed by atoms with E-state index in [1.807, 2.05) is 0 Å². The van der Waals surface area contributed by atoms with Gasteiger partial charge in [0, 0.05) is 6.54 Å². The van der Waals surface area contributed by atoms with Crippen molar-refractivity contribution in [2.45, 2.75) is 13.0 Å². The van der Waals surface area contributed by atoms with E-state index in [1.54, 1.807) is 6.92 Å². The molecule has 1 fully saturated rings. The van der Waals surface area contributed by atoms with E-state index in [0.717, 1.165) is 13.2 Å². The van der Waals surface area contributed by atoms with Gasteiger partial charge in [-0.05, 0) is 6.92 Å². The molecule has 1 saturated heterocycles. The predicted molar refractivity (Wildman–Crippen MR) is 33.3 cm³/mol. The number of ether oxygens (including phenoxy) is 1. The molecule has 3 nitrogen and oxygen atoms in total. The van der Waals surface area contributed by atoms with Crippen LogP contribution < -0.4 is 5.32 Å². The van der Waals surface area contributed by atoms with Gasteiger partial charge in [-0.1, -0.05) is 0 Å². The first kappa shape index (κ1) is 6.71. The molecule has 0 bridgehead atoms. The average Bonchev–Trinajstić information content (AvgIpc) is 2.48. The Kier molecular flexibility index (Phi) is 2.19. The van der Waals surface area contributed by atoms with E-state index in [1.165, 1.54) is 0 Å². The molecule has 0 aromatic heterocycles. The maximum atomic E-state index is 10.3. The van der Waals surface area contributed by atoms with Crippen molar-refractivity contribution < 1.29 is 9.53 Å². The van der Waals surface area contributed by atoms with E-state index in [0.29, 0.717) is 12.6 Å². The molecular weight excluding hydrogens is 118 g/mol. The smallest absolute Gasteiger partial charge is 0.143 e. The van der Waals surface area contributed by atoms with Crippen LogP contribution in [0.1, 0.15) is 6.92 Å². The van der Waals surface area contributed by atoms with Crippen molar-refractivity contribution in [3.8, 4) is 0 Å². The largest absolute Gasteiger partial charge is 0.372 e. The van der Waals surface area contributed by atoms with Crippen molar-refractivity contribution in [3.63, 3.8) is 0 Å². The summed E-state index contributed by atoms with van der Waals surface area (Å²) in [5, 5.41) is 2.97. The van der Waals surface area contributed by atoms with Gasteiger partial charge in [0.05, 0.1) is 19.3 Å². The van der Waals surface area contributed by atoms with E-state index < -0.39 is 0 Å². The van der Waals surface area contributed by atoms with Crippen LogP contribution in [0.2, 0.25) is 0 Å². The lowest BCUT2D eigenvalue weighted by molar-refractivity contribution is -0.116. The van der Waals surface area contributed by atoms with Gasteiger partial charge in [-0.3, -0.25) is 4.79 Å². The molecule has 9 heavy (non-hydrogen) atoms. The third-order valence-electron chi connectivity index (χ3n) is 1.15. The highest BCUT2D eigenvalue weighted by molar-refractivity contribution is 5.77. The van der Waals surface area contributed by atoms with Crippen LogP contribution in [0.3, 0.4) is 0 Å². The number of hydrogen-bond acceptors (Lipinski definition) is 3. The molecule has 0 aromatic carbocycles. The van der Waals surface area contributed by atoms with Gasteiger partial charge >= 0.3 is 0 Å². The number of ketones is 1. The molecule has 1 atom stereocenters. The van der Waals surface area contributed by atoms with Crippen molar-refractivity contribution in [2.75, 3.05) is 19.7 Å². The van der Waals surface area contributed by atoms with Gasteiger partial charge in [-0.2, -0.15) is 0 Å². The van der Waals surface area contributed by atoms with Crippen molar-refractivity contribution in [1.29, 1.82) is 0 Å². The summed E-state index contributed by atoms with van der Waals surface area (Å²) in [4.78, 5) is 10.3. The lowest BCUT2D eigenvalue weighted by Crippen LogP contribution is -2.24. The van der Waals surface area contributed by atoms with Gasteiger partial charge in [0.1, 0.15) is 5.78 Å². The highest BCUT2D eigenvalue weighted by Gasteiger charge is 2.21. The Balaban J connectivity index is 1.86. The summed E-state index contributed by atoms with van der Waals surface area (Å²) in [6.07, 6.45) is 0.379. The minimum atomic E-state index is 0.177. The molecule has 1 unspecified atom stereocenters. The van der Waals surface area contributed by atoms with Crippen LogP contribution in [-0.2, 0) is 9.53 Å². The molecule has 52 valence electrons. The Hall–Kier alpha value is -0.410. The minimum Gasteiger partial charge on any atom is -0.372 e. The molecule has 0 aromatic rings. The number of epoxide rings is 1. The Morgan fingerprint density at radius 2 is 2.56 bits per heavy atom. The summed E-state index contributed by atoms with van der Waals surface area (Å²) in [5.74, 6) is 0.177. The van der Waals surface area contributed by atoms with E-state index in [2.05, 4.69) is 5.32 Å². The molecule has 0 amide bonds. The summed E-state index contributed by atoms with van der Waals surface area (Å²) in [5.41, 5.74) is 0. The van der Waals surface area contributed by atoms with Gasteiger partial charge < -0.3 is 10.1 Å². The second-order valence-electron chi connectivity index (χ2n) is 2.29. The third kappa shape index (κ3) is 3.21. The van der Waals surface area contributed by atoms with E-state index >= 15 is 0 Å². The Morgan fingerprint density at radius 3 is 3.00 bits per heavy atom. The number of rotatable bonds is 4. The number of carbonyl (C=O) groups excluding carboxylic acids is 1. The molecule has 1 aliphatic rings. The van der Waals surface area contributed by atoms with E-state index in [4.69, 9.17) is 4.74 Å². The molecule has 1 N–H and O–H groups in total. The van der Waals surface area contributed by atoms with Crippen LogP contribution in [0.25, 0.3) is 0 Å². The maximum Gasteiger partial charge on any atom is 0.143 e. The first-order valence-corrected chi connectivity index (χ1v) is 3.11. The van der Waals surface area contributed by atoms with Crippen LogP contribution in [-0.4, -0.2) is 31.6 Å². The topological polar surface area (TPSA) is 41.6 Å². The normalized spacial score (nSPS) is 23.9. The Morgan fingerprint density at radius 1 is 1.89 bits per heavy atom. The number of nitrogens with one attached hydrogen (secondary N) is 1. The molecule has 1 heterocycles. The lowest BCUT2D eigenvalue weighted by atomic mass is 10.4. The third-order valence-corrected chi connectivity index (χ3v) is 1.15. The zero-order valence-corrected chi connectivity index (χ0v) is 5.52. The average molecular weight is 129 g/mol. The first-order valence-electron chi connectivity index (χ1n) is 3.11. The van der Waals surface area contributed by atoms with Crippen molar-refractivity contribution in [1.82, 2.24) is 5.32 Å². The zero-order valence-electron chi connectivity index (χ0n) is 5.52. The first-order chi connectivity index (χ1) is 4.29. The second kappa shape index (κ2) is 2.94. The number of Topliss-reactive ketones (excluding diaryl/α,β-unsaturated/α-hetero) is 1. The Labute approximate surface area is 54.4 Å². The van der Waals surface area contributed by atoms with Gasteiger partial charge in [0.25, 0.3) is 0 Å². The van der Waals surface area contributed by atoms with Crippen LogP contribution in [0.5, 0.6) is 0 Å². The van der Waals surface area contributed by atoms with Gasteiger partial charge in [-0.15, -0.1) is 0 Å². The highest BCUT2D eigenvalue weighted by Crippen LogP contribution is 2.05. The standard InChI is InChI=1S/C6H11NO2/c1-5(8)2-7-3-6-4-9-6/h6-7H,2-4H2,1H3. The monoisotopic (exact) mass is 129 g/mol. The van der Waals surface area contributed by atoms with Gasteiger partial charge in [0.15, 0.2) is 0 Å². The Bertz CT molecular complexity index is 110. The fourth-order valence-corrected chi connectivity index (χ4v) is 0.595. The molecule has 0 saturated carbocycles. The fraction of sp³-hybridized carbons (Fsp3) is 0.833. The maximum absolute atomic E-state index is 10.3. The second-order valence-corrected chi connectivity index (χ2v) is 2.29. The molecule has 0 radical (unpaired) electrons. The van der Waals surface area contributed by atoms with Crippen LogP contribution in [0.4, 0.5) is 0 Å². The molecule has 0 aliphatic carbocycles. The summed E-state index contributed by atoms with van der Waals surface area (Å²) >= 11 is 0. The molecule has 1 aliphatic heterocycles. The van der Waals surface area contributed by atoms with Gasteiger partial charge in [0.2, 0.25) is 0 Å². The van der Waals surface area contributed by atoms with Crippen LogP contribution in [0.15, 0.2) is 0 Å². The zero-order chi connectivity index (χ0) is 6.69. The quantitative estimate of drug-likeness (QED) is 0.523. The van der Waals surface area contributed by atoms with E-state index in [-0.39, 0.29) is 5.78 Å². The van der Waals surface area contributed by atoms with Crippen LogP contribution in [0, 0.1) is 0 Å². The lowest BCUT2D eigenvalue weighted by Gasteiger charge is -1.95. The molecule has 3 heteroatoms. The fourth-order valence-electron chi connectivity index (χ4n) is 0.595. The summed E-state index contributed by atoms with van der Waals surface area (Å²) in [6, 6.07) is 0. The van der Waals surface area contributed by atoms with Gasteiger partial charge in [-0.25, -0.2) is 0 Å². The predicted octanol–water partition coefficient (Wildman–Crippen LogP) is -0.436. The van der Waals surface area contributed by atoms with Crippen molar-refractivity contribution >= 4 is 5.78 Å². The molecule has 1 rings (SSSR count). The number of carbonyl (C=O) groups is 1. The van der Waals surface area contributed by atoms with Crippen molar-refractivity contribution in [2.24, 2.45) is 0 Å². The van der Waals surface area contributed by atoms with E-state index in [9.17, 15) is 4.79 Å². The van der Waals surface area contributed by atoms with Crippen LogP contribution >= 0.6 is 0 Å². The highest BCUT2D eigenvalue weighted by atomic mass is 16.6. The minimum absolute atomic E-state index is 0.177. The summed E-state index contributed by atoms with van der Waals surface area (Å²) < 4.78 is 4.92. The SMILES string of the molecule is CC(=O)CNCC1CO1. The molecule has 0 spiro atoms.